The van der Waals surface area contributed by atoms with Crippen LogP contribution in [-0.4, -0.2) is 16.4 Å². The van der Waals surface area contributed by atoms with E-state index in [1.807, 2.05) is 18.2 Å². The summed E-state index contributed by atoms with van der Waals surface area (Å²) in [5, 5.41) is 0. The Bertz CT molecular complexity index is 705. The number of rotatable bonds is 2. The van der Waals surface area contributed by atoms with E-state index >= 15 is 0 Å². The van der Waals surface area contributed by atoms with Crippen molar-refractivity contribution in [2.75, 3.05) is 0 Å². The molecule has 0 atom stereocenters. The Balaban J connectivity index is 2.15. The third-order valence-electron chi connectivity index (χ3n) is 3.21. The van der Waals surface area contributed by atoms with Crippen LogP contribution in [0.3, 0.4) is 0 Å². The number of ketones is 2. The van der Waals surface area contributed by atoms with Crippen LogP contribution in [0, 0.1) is 0 Å². The van der Waals surface area contributed by atoms with E-state index in [-0.39, 0.29) is 5.78 Å². The van der Waals surface area contributed by atoms with Crippen LogP contribution in [0.15, 0.2) is 42.5 Å². The van der Waals surface area contributed by atoms with Crippen molar-refractivity contribution in [3.8, 4) is 11.1 Å². The van der Waals surface area contributed by atoms with E-state index < -0.39 is 10.6 Å². The molecule has 0 spiro atoms. The molecule has 0 bridgehead atoms. The largest absolute Gasteiger partial charge is 0.291 e. The van der Waals surface area contributed by atoms with Crippen LogP contribution in [0.2, 0.25) is 0 Å². The van der Waals surface area contributed by atoms with Gasteiger partial charge in [-0.25, -0.2) is 0 Å². The lowest BCUT2D eigenvalue weighted by Gasteiger charge is -2.04. The van der Waals surface area contributed by atoms with Gasteiger partial charge in [0.25, 0.3) is 0 Å². The number of Topliss-reactive ketones (excluding diaryl/α,β-unsaturated/α-hetero) is 1. The zero-order valence-corrected chi connectivity index (χ0v) is 11.2. The molecule has 2 nitrogen and oxygen atoms in total. The molecule has 4 heteroatoms. The van der Waals surface area contributed by atoms with Crippen molar-refractivity contribution in [1.82, 2.24) is 0 Å². The number of carbonyl (C=O) groups excluding carboxylic acids is 2. The highest BCUT2D eigenvalue weighted by molar-refractivity contribution is 6.55. The maximum absolute atomic E-state index is 12.3. The highest BCUT2D eigenvalue weighted by Crippen LogP contribution is 2.36. The van der Waals surface area contributed by atoms with E-state index in [4.69, 9.17) is 23.2 Å². The van der Waals surface area contributed by atoms with E-state index in [2.05, 4.69) is 0 Å². The SMILES string of the molecule is O=C1c2ccccc2-c2ccc(C(=O)C(Cl)Cl)cc21. The minimum absolute atomic E-state index is 0.0686. The van der Waals surface area contributed by atoms with Gasteiger partial charge in [-0.15, -0.1) is 0 Å². The van der Waals surface area contributed by atoms with Crippen molar-refractivity contribution in [2.45, 2.75) is 4.84 Å². The zero-order valence-electron chi connectivity index (χ0n) is 9.69. The molecule has 2 aromatic carbocycles. The molecule has 0 aromatic heterocycles. The molecule has 1 aliphatic carbocycles. The fraction of sp³-hybridized carbons (Fsp3) is 0.0667. The Labute approximate surface area is 120 Å². The number of benzene rings is 2. The first-order valence-electron chi connectivity index (χ1n) is 5.70. The van der Waals surface area contributed by atoms with Gasteiger partial charge in [-0.2, -0.15) is 0 Å². The lowest BCUT2D eigenvalue weighted by Crippen LogP contribution is -2.09. The quantitative estimate of drug-likeness (QED) is 0.530. The topological polar surface area (TPSA) is 34.1 Å². The van der Waals surface area contributed by atoms with Crippen LogP contribution < -0.4 is 0 Å². The summed E-state index contributed by atoms with van der Waals surface area (Å²) in [6.45, 7) is 0. The molecule has 0 radical (unpaired) electrons. The van der Waals surface area contributed by atoms with Crippen LogP contribution in [0.5, 0.6) is 0 Å². The van der Waals surface area contributed by atoms with Crippen molar-refractivity contribution >= 4 is 34.8 Å². The molecule has 19 heavy (non-hydrogen) atoms. The molecule has 0 saturated heterocycles. The molecule has 0 heterocycles. The second-order valence-electron chi connectivity index (χ2n) is 4.30. The van der Waals surface area contributed by atoms with Gasteiger partial charge in [0, 0.05) is 16.7 Å². The number of fused-ring (bicyclic) bond motifs is 3. The van der Waals surface area contributed by atoms with Crippen molar-refractivity contribution in [3.05, 3.63) is 59.2 Å². The number of hydrogen-bond acceptors (Lipinski definition) is 2. The molecule has 0 N–H and O–H groups in total. The van der Waals surface area contributed by atoms with Gasteiger partial charge in [0.2, 0.25) is 0 Å². The van der Waals surface area contributed by atoms with E-state index in [1.54, 1.807) is 24.3 Å². The van der Waals surface area contributed by atoms with Gasteiger partial charge in [-0.05, 0) is 17.2 Å². The summed E-state index contributed by atoms with van der Waals surface area (Å²) in [6.07, 6.45) is 0. The fourth-order valence-electron chi connectivity index (χ4n) is 2.31. The number of carbonyl (C=O) groups is 2. The minimum atomic E-state index is -1.11. The van der Waals surface area contributed by atoms with Gasteiger partial charge in [0.05, 0.1) is 0 Å². The fourth-order valence-corrected chi connectivity index (χ4v) is 2.56. The standard InChI is InChI=1S/C15H8Cl2O2/c16-15(17)13(18)8-5-6-10-9-3-1-2-4-11(9)14(19)12(10)7-8/h1-7,15H. The Morgan fingerprint density at radius 1 is 0.895 bits per heavy atom. The summed E-state index contributed by atoms with van der Waals surface area (Å²) in [7, 11) is 0. The summed E-state index contributed by atoms with van der Waals surface area (Å²) < 4.78 is 0. The molecule has 1 aliphatic rings. The average Bonchev–Trinajstić information content (AvgIpc) is 2.72. The maximum Gasteiger partial charge on any atom is 0.195 e. The molecular weight excluding hydrogens is 283 g/mol. The highest BCUT2D eigenvalue weighted by atomic mass is 35.5. The molecule has 3 rings (SSSR count). The predicted octanol–water partition coefficient (Wildman–Crippen LogP) is 3.88. The first-order chi connectivity index (χ1) is 9.09. The van der Waals surface area contributed by atoms with Crippen molar-refractivity contribution < 1.29 is 9.59 Å². The predicted molar refractivity (Wildman–Crippen MR) is 75.1 cm³/mol. The third-order valence-corrected chi connectivity index (χ3v) is 3.61. The molecule has 2 aromatic rings. The van der Waals surface area contributed by atoms with Crippen LogP contribution in [0.1, 0.15) is 26.3 Å². The van der Waals surface area contributed by atoms with Crippen LogP contribution in [0.25, 0.3) is 11.1 Å². The van der Waals surface area contributed by atoms with E-state index in [0.29, 0.717) is 16.7 Å². The lowest BCUT2D eigenvalue weighted by molar-refractivity contribution is 0.101. The smallest absolute Gasteiger partial charge is 0.195 e. The van der Waals surface area contributed by atoms with Crippen LogP contribution in [0.4, 0.5) is 0 Å². The van der Waals surface area contributed by atoms with E-state index in [1.165, 1.54) is 0 Å². The molecule has 0 aliphatic heterocycles. The van der Waals surface area contributed by atoms with Gasteiger partial charge < -0.3 is 0 Å². The summed E-state index contributed by atoms with van der Waals surface area (Å²) >= 11 is 11.1. The van der Waals surface area contributed by atoms with E-state index in [9.17, 15) is 9.59 Å². The number of halogens is 2. The lowest BCUT2D eigenvalue weighted by atomic mass is 10.0. The number of hydrogen-bond donors (Lipinski definition) is 0. The first kappa shape index (κ1) is 12.4. The Morgan fingerprint density at radius 3 is 2.21 bits per heavy atom. The normalized spacial score (nSPS) is 12.5. The van der Waals surface area contributed by atoms with Crippen LogP contribution in [-0.2, 0) is 0 Å². The van der Waals surface area contributed by atoms with Gasteiger partial charge in [-0.3, -0.25) is 9.59 Å². The summed E-state index contributed by atoms with van der Waals surface area (Å²) in [5.41, 5.74) is 3.29. The molecular formula is C15H8Cl2O2. The summed E-state index contributed by atoms with van der Waals surface area (Å²) in [4.78, 5) is 22.9. The Morgan fingerprint density at radius 2 is 1.53 bits per heavy atom. The van der Waals surface area contributed by atoms with E-state index in [0.717, 1.165) is 11.1 Å². The van der Waals surface area contributed by atoms with Crippen molar-refractivity contribution in [1.29, 1.82) is 0 Å². The first-order valence-corrected chi connectivity index (χ1v) is 6.57. The molecule has 0 unspecified atom stereocenters. The van der Waals surface area contributed by atoms with Crippen molar-refractivity contribution in [2.24, 2.45) is 0 Å². The summed E-state index contributed by atoms with van der Waals surface area (Å²) in [5.74, 6) is -0.462. The maximum atomic E-state index is 12.3. The average molecular weight is 291 g/mol. The molecule has 0 fully saturated rings. The monoisotopic (exact) mass is 290 g/mol. The van der Waals surface area contributed by atoms with Gasteiger partial charge in [-0.1, -0.05) is 59.6 Å². The van der Waals surface area contributed by atoms with Crippen LogP contribution >= 0.6 is 23.2 Å². The second kappa shape index (κ2) is 4.48. The zero-order chi connectivity index (χ0) is 13.6. The highest BCUT2D eigenvalue weighted by Gasteiger charge is 2.27. The van der Waals surface area contributed by atoms with Gasteiger partial charge in [0.1, 0.15) is 0 Å². The molecule has 0 amide bonds. The Hall–Kier alpha value is -1.64. The second-order valence-corrected chi connectivity index (χ2v) is 5.40. The Kier molecular flexibility index (Phi) is 2.92. The summed E-state index contributed by atoms with van der Waals surface area (Å²) in [6, 6.07) is 12.4. The van der Waals surface area contributed by atoms with Crippen molar-refractivity contribution in [3.63, 3.8) is 0 Å². The van der Waals surface area contributed by atoms with Gasteiger partial charge >= 0.3 is 0 Å². The molecule has 94 valence electrons. The number of alkyl halides is 2. The molecule has 0 saturated carbocycles. The third kappa shape index (κ3) is 1.88. The minimum Gasteiger partial charge on any atom is -0.291 e. The van der Waals surface area contributed by atoms with Gasteiger partial charge in [0.15, 0.2) is 16.4 Å².